The van der Waals surface area contributed by atoms with Gasteiger partial charge in [0.2, 0.25) is 0 Å². The summed E-state index contributed by atoms with van der Waals surface area (Å²) in [5, 5.41) is 4.63. The van der Waals surface area contributed by atoms with Crippen LogP contribution in [0.1, 0.15) is 30.7 Å². The lowest BCUT2D eigenvalue weighted by Gasteiger charge is -2.54. The van der Waals surface area contributed by atoms with Crippen molar-refractivity contribution in [2.24, 2.45) is 12.0 Å². The number of fused-ring (bicyclic) bond motifs is 4. The average Bonchev–Trinajstić information content (AvgIpc) is 3.08. The van der Waals surface area contributed by atoms with Gasteiger partial charge in [-0.2, -0.15) is 0 Å². The third-order valence-corrected chi connectivity index (χ3v) is 6.37. The Balaban J connectivity index is 1.41. The van der Waals surface area contributed by atoms with Crippen molar-refractivity contribution >= 4 is 23.1 Å². The van der Waals surface area contributed by atoms with Gasteiger partial charge in [0.1, 0.15) is 17.3 Å². The number of piperidine rings is 1. The largest absolute Gasteiger partial charge is 0.362 e. The van der Waals surface area contributed by atoms with E-state index < -0.39 is 0 Å². The molecule has 4 heterocycles. The molecule has 2 aromatic rings. The van der Waals surface area contributed by atoms with E-state index in [1.165, 1.54) is 5.56 Å². The highest BCUT2D eigenvalue weighted by molar-refractivity contribution is 6.31. The van der Waals surface area contributed by atoms with Gasteiger partial charge in [0.15, 0.2) is 0 Å². The Morgan fingerprint density at radius 2 is 2.07 bits per heavy atom. The van der Waals surface area contributed by atoms with Gasteiger partial charge in [0.25, 0.3) is 0 Å². The van der Waals surface area contributed by atoms with Crippen LogP contribution in [0.15, 0.2) is 35.6 Å². The quantitative estimate of drug-likeness (QED) is 0.864. The van der Waals surface area contributed by atoms with Crippen LogP contribution in [0.25, 0.3) is 0 Å². The molecule has 27 heavy (non-hydrogen) atoms. The van der Waals surface area contributed by atoms with Gasteiger partial charge in [-0.3, -0.25) is 9.89 Å². The molecule has 0 saturated carbocycles. The molecule has 142 valence electrons. The lowest BCUT2D eigenvalue weighted by Crippen LogP contribution is -2.65. The van der Waals surface area contributed by atoms with Crippen molar-refractivity contribution in [3.05, 3.63) is 47.0 Å². The van der Waals surface area contributed by atoms with Gasteiger partial charge in [-0.25, -0.2) is 4.98 Å². The Kier molecular flexibility index (Phi) is 4.13. The molecular formula is C20H25ClN6. The zero-order chi connectivity index (χ0) is 18.4. The van der Waals surface area contributed by atoms with Crippen LogP contribution in [0.5, 0.6) is 0 Å². The Labute approximate surface area is 164 Å². The number of aliphatic imine (C=N–C) groups is 1. The van der Waals surface area contributed by atoms with Crippen molar-refractivity contribution in [3.63, 3.8) is 0 Å². The summed E-state index contributed by atoms with van der Waals surface area (Å²) < 4.78 is 2.11. The highest BCUT2D eigenvalue weighted by Crippen LogP contribution is 2.40. The predicted octanol–water partition coefficient (Wildman–Crippen LogP) is 2.94. The molecule has 0 radical (unpaired) electrons. The number of rotatable bonds is 2. The average molecular weight is 385 g/mol. The molecule has 5 rings (SSSR count). The molecule has 3 aliphatic heterocycles. The Morgan fingerprint density at radius 3 is 2.85 bits per heavy atom. The van der Waals surface area contributed by atoms with Crippen molar-refractivity contribution in [1.82, 2.24) is 19.4 Å². The molecule has 1 fully saturated rings. The zero-order valence-electron chi connectivity index (χ0n) is 15.7. The van der Waals surface area contributed by atoms with Gasteiger partial charge in [-0.15, -0.1) is 0 Å². The summed E-state index contributed by atoms with van der Waals surface area (Å²) >= 11 is 6.29. The van der Waals surface area contributed by atoms with Gasteiger partial charge in [-0.05, 0) is 24.6 Å². The monoisotopic (exact) mass is 384 g/mol. The minimum absolute atomic E-state index is 0.0604. The van der Waals surface area contributed by atoms with Crippen molar-refractivity contribution < 1.29 is 0 Å². The number of aromatic nitrogens is 2. The van der Waals surface area contributed by atoms with Crippen LogP contribution in [0.4, 0.5) is 5.69 Å². The molecule has 1 spiro atoms. The first-order chi connectivity index (χ1) is 13.1. The second-order valence-corrected chi connectivity index (χ2v) is 8.22. The van der Waals surface area contributed by atoms with Crippen LogP contribution >= 0.6 is 11.6 Å². The minimum atomic E-state index is -0.0604. The van der Waals surface area contributed by atoms with E-state index in [0.717, 1.165) is 74.4 Å². The van der Waals surface area contributed by atoms with Gasteiger partial charge < -0.3 is 14.8 Å². The maximum atomic E-state index is 6.29. The fourth-order valence-corrected chi connectivity index (χ4v) is 4.78. The number of nitrogens with zero attached hydrogens (tertiary/aromatic N) is 5. The number of halogens is 1. The van der Waals surface area contributed by atoms with Crippen LogP contribution in [-0.4, -0.2) is 57.0 Å². The molecule has 0 bridgehead atoms. The topological polar surface area (TPSA) is 48.7 Å². The molecule has 0 atom stereocenters. The lowest BCUT2D eigenvalue weighted by molar-refractivity contribution is 0.0782. The molecule has 1 saturated heterocycles. The summed E-state index contributed by atoms with van der Waals surface area (Å²) in [6, 6.07) is 6.11. The smallest absolute Gasteiger partial charge is 0.134 e. The van der Waals surface area contributed by atoms with E-state index in [0.29, 0.717) is 0 Å². The third kappa shape index (κ3) is 2.91. The summed E-state index contributed by atoms with van der Waals surface area (Å²) in [5.41, 5.74) is 2.24. The third-order valence-electron chi connectivity index (χ3n) is 6.13. The summed E-state index contributed by atoms with van der Waals surface area (Å²) in [4.78, 5) is 14.4. The fourth-order valence-electron chi connectivity index (χ4n) is 4.61. The van der Waals surface area contributed by atoms with Crippen LogP contribution in [-0.2, 0) is 13.6 Å². The zero-order valence-corrected chi connectivity index (χ0v) is 16.4. The SMILES string of the molecule is Cn1ccnc1CN1CCC2(CC1)Nc1cc(Cl)ccc1C1=NCCCN12. The summed E-state index contributed by atoms with van der Waals surface area (Å²) in [7, 11) is 2.06. The Bertz CT molecular complexity index is 880. The number of benzene rings is 1. The maximum absolute atomic E-state index is 6.29. The van der Waals surface area contributed by atoms with E-state index in [1.54, 1.807) is 0 Å². The van der Waals surface area contributed by atoms with E-state index >= 15 is 0 Å². The van der Waals surface area contributed by atoms with Crippen LogP contribution in [0, 0.1) is 0 Å². The second kappa shape index (κ2) is 6.53. The molecule has 1 aromatic heterocycles. The number of hydrogen-bond acceptors (Lipinski definition) is 5. The number of nitrogens with one attached hydrogen (secondary N) is 1. The first-order valence-electron chi connectivity index (χ1n) is 9.73. The molecule has 1 aromatic carbocycles. The van der Waals surface area contributed by atoms with E-state index in [1.807, 2.05) is 24.5 Å². The van der Waals surface area contributed by atoms with Gasteiger partial charge in [0.05, 0.1) is 6.54 Å². The van der Waals surface area contributed by atoms with E-state index in [2.05, 4.69) is 37.8 Å². The maximum Gasteiger partial charge on any atom is 0.134 e. The number of anilines is 1. The molecule has 6 nitrogen and oxygen atoms in total. The number of imidazole rings is 1. The molecule has 0 aliphatic carbocycles. The van der Waals surface area contributed by atoms with Crippen molar-refractivity contribution in [1.29, 1.82) is 0 Å². The van der Waals surface area contributed by atoms with Crippen LogP contribution < -0.4 is 5.32 Å². The highest BCUT2D eigenvalue weighted by atomic mass is 35.5. The van der Waals surface area contributed by atoms with E-state index in [-0.39, 0.29) is 5.66 Å². The number of hydrogen-bond donors (Lipinski definition) is 1. The normalized spacial score (nSPS) is 21.4. The van der Waals surface area contributed by atoms with Crippen molar-refractivity contribution in [2.75, 3.05) is 31.5 Å². The molecule has 7 heteroatoms. The first kappa shape index (κ1) is 17.1. The van der Waals surface area contributed by atoms with Gasteiger partial charge in [0, 0.05) is 74.7 Å². The van der Waals surface area contributed by atoms with Crippen molar-refractivity contribution in [2.45, 2.75) is 31.5 Å². The highest BCUT2D eigenvalue weighted by Gasteiger charge is 2.45. The lowest BCUT2D eigenvalue weighted by atomic mass is 9.89. The number of aryl methyl sites for hydroxylation is 1. The van der Waals surface area contributed by atoms with Gasteiger partial charge in [-0.1, -0.05) is 11.6 Å². The minimum Gasteiger partial charge on any atom is -0.362 e. The van der Waals surface area contributed by atoms with Gasteiger partial charge >= 0.3 is 0 Å². The second-order valence-electron chi connectivity index (χ2n) is 7.79. The summed E-state index contributed by atoms with van der Waals surface area (Å²) in [6.45, 7) is 4.96. The number of amidine groups is 1. The molecule has 3 aliphatic rings. The van der Waals surface area contributed by atoms with Crippen LogP contribution in [0.3, 0.4) is 0 Å². The Morgan fingerprint density at radius 1 is 1.22 bits per heavy atom. The van der Waals surface area contributed by atoms with Crippen molar-refractivity contribution in [3.8, 4) is 0 Å². The summed E-state index contributed by atoms with van der Waals surface area (Å²) in [6.07, 6.45) is 7.12. The van der Waals surface area contributed by atoms with E-state index in [9.17, 15) is 0 Å². The molecule has 1 N–H and O–H groups in total. The Hall–Kier alpha value is -2.05. The first-order valence-corrected chi connectivity index (χ1v) is 10.1. The molecule has 0 amide bonds. The predicted molar refractivity (Wildman–Crippen MR) is 108 cm³/mol. The van der Waals surface area contributed by atoms with Crippen LogP contribution in [0.2, 0.25) is 5.02 Å². The molecule has 0 unspecified atom stereocenters. The van der Waals surface area contributed by atoms with E-state index in [4.69, 9.17) is 16.6 Å². The fraction of sp³-hybridized carbons (Fsp3) is 0.500. The summed E-state index contributed by atoms with van der Waals surface area (Å²) in [5.74, 6) is 2.27. The molecular weight excluding hydrogens is 360 g/mol. The number of likely N-dealkylation sites (tertiary alicyclic amines) is 1. The standard InChI is InChI=1S/C20H25ClN6/c1-25-12-8-22-18(25)14-26-10-5-20(6-11-26)24-17-13-15(21)3-4-16(17)19-23-7-2-9-27(19)20/h3-4,8,12-13,24H,2,5-7,9-11,14H2,1H3.